The van der Waals surface area contributed by atoms with E-state index < -0.39 is 0 Å². The maximum atomic E-state index is 6.26. The highest BCUT2D eigenvalue weighted by atomic mass is 35.5. The van der Waals surface area contributed by atoms with Crippen molar-refractivity contribution in [3.8, 4) is 5.75 Å². The molecule has 0 bridgehead atoms. The van der Waals surface area contributed by atoms with Crippen LogP contribution in [0.2, 0.25) is 15.1 Å². The van der Waals surface area contributed by atoms with Crippen LogP contribution < -0.4 is 10.5 Å². The minimum Gasteiger partial charge on any atom is -0.484 e. The lowest BCUT2D eigenvalue weighted by Crippen LogP contribution is -2.31. The summed E-state index contributed by atoms with van der Waals surface area (Å²) < 4.78 is 6.02. The van der Waals surface area contributed by atoms with Gasteiger partial charge in [-0.1, -0.05) is 59.9 Å². The normalized spacial score (nSPS) is 13.8. The van der Waals surface area contributed by atoms with Crippen LogP contribution in [0.25, 0.3) is 0 Å². The Morgan fingerprint density at radius 2 is 1.67 bits per heavy atom. The van der Waals surface area contributed by atoms with Gasteiger partial charge in [0.1, 0.15) is 11.9 Å². The Morgan fingerprint density at radius 3 is 2.24 bits per heavy atom. The van der Waals surface area contributed by atoms with Gasteiger partial charge in [0.15, 0.2) is 0 Å². The third kappa shape index (κ3) is 4.27. The van der Waals surface area contributed by atoms with Gasteiger partial charge in [-0.2, -0.15) is 0 Å². The molecule has 0 saturated heterocycles. The Hall–Kier alpha value is -0.930. The fraction of sp³-hybridized carbons (Fsp3) is 0.250. The van der Waals surface area contributed by atoms with Crippen LogP contribution >= 0.6 is 34.8 Å². The molecule has 5 heteroatoms. The highest BCUT2D eigenvalue weighted by Gasteiger charge is 2.23. The predicted molar refractivity (Wildman–Crippen MR) is 89.5 cm³/mol. The van der Waals surface area contributed by atoms with Gasteiger partial charge in [-0.25, -0.2) is 0 Å². The fourth-order valence-electron chi connectivity index (χ4n) is 2.04. The number of halogens is 3. The molecule has 0 spiro atoms. The van der Waals surface area contributed by atoms with E-state index in [2.05, 4.69) is 0 Å². The molecule has 0 aliphatic heterocycles. The molecule has 0 aliphatic carbocycles. The lowest BCUT2D eigenvalue weighted by Gasteiger charge is -2.25. The Bertz CT molecular complexity index is 598. The van der Waals surface area contributed by atoms with Crippen LogP contribution in [-0.4, -0.2) is 6.04 Å². The first-order valence-electron chi connectivity index (χ1n) is 6.64. The van der Waals surface area contributed by atoms with Gasteiger partial charge >= 0.3 is 0 Å². The third-order valence-corrected chi connectivity index (χ3v) is 3.95. The van der Waals surface area contributed by atoms with E-state index in [1.165, 1.54) is 0 Å². The summed E-state index contributed by atoms with van der Waals surface area (Å²) in [5.74, 6) is 0.571. The molecule has 0 amide bonds. The average Bonchev–Trinajstić information content (AvgIpc) is 2.44. The molecule has 112 valence electrons. The van der Waals surface area contributed by atoms with E-state index in [-0.39, 0.29) is 12.1 Å². The van der Waals surface area contributed by atoms with Crippen molar-refractivity contribution in [3.63, 3.8) is 0 Å². The molecule has 0 saturated carbocycles. The second kappa shape index (κ2) is 7.37. The Kier molecular flexibility index (Phi) is 5.77. The van der Waals surface area contributed by atoms with Gasteiger partial charge in [0.2, 0.25) is 0 Å². The number of benzene rings is 2. The van der Waals surface area contributed by atoms with E-state index in [9.17, 15) is 0 Å². The van der Waals surface area contributed by atoms with Crippen LogP contribution in [0.1, 0.15) is 25.0 Å². The van der Waals surface area contributed by atoms with E-state index in [0.29, 0.717) is 20.8 Å². The Morgan fingerprint density at radius 1 is 1.05 bits per heavy atom. The molecule has 2 nitrogen and oxygen atoms in total. The topological polar surface area (TPSA) is 35.2 Å². The molecule has 0 aliphatic rings. The number of hydrogen-bond acceptors (Lipinski definition) is 2. The lowest BCUT2D eigenvalue weighted by atomic mass is 10.0. The van der Waals surface area contributed by atoms with E-state index >= 15 is 0 Å². The predicted octanol–water partition coefficient (Wildman–Crippen LogP) is 5.50. The molecule has 2 N–H and O–H groups in total. The SMILES string of the molecule is CCC(N)C(Oc1cc(Cl)cc(Cl)c1)c1ccccc1Cl. The quantitative estimate of drug-likeness (QED) is 0.776. The van der Waals surface area contributed by atoms with Crippen molar-refractivity contribution < 1.29 is 4.74 Å². The summed E-state index contributed by atoms with van der Waals surface area (Å²) in [5, 5.41) is 1.65. The zero-order valence-corrected chi connectivity index (χ0v) is 13.8. The molecule has 0 fully saturated rings. The number of ether oxygens (including phenoxy) is 1. The van der Waals surface area contributed by atoms with Crippen molar-refractivity contribution in [1.29, 1.82) is 0 Å². The van der Waals surface area contributed by atoms with Crippen molar-refractivity contribution in [2.24, 2.45) is 5.73 Å². The molecule has 2 aromatic carbocycles. The second-order valence-corrected chi connectivity index (χ2v) is 6.02. The molecule has 0 heterocycles. The third-order valence-electron chi connectivity index (χ3n) is 3.17. The van der Waals surface area contributed by atoms with Gasteiger partial charge < -0.3 is 10.5 Å². The van der Waals surface area contributed by atoms with Crippen LogP contribution in [0.3, 0.4) is 0 Å². The fourth-order valence-corrected chi connectivity index (χ4v) is 2.79. The summed E-state index contributed by atoms with van der Waals surface area (Å²) in [6.07, 6.45) is 0.391. The smallest absolute Gasteiger partial charge is 0.140 e. The van der Waals surface area contributed by atoms with Crippen LogP contribution in [0.15, 0.2) is 42.5 Å². The molecule has 2 rings (SSSR count). The van der Waals surface area contributed by atoms with Crippen molar-refractivity contribution in [1.82, 2.24) is 0 Å². The van der Waals surface area contributed by atoms with Gasteiger partial charge in [0.05, 0.1) is 0 Å². The van der Waals surface area contributed by atoms with Crippen molar-refractivity contribution in [3.05, 3.63) is 63.1 Å². The Labute approximate surface area is 139 Å². The van der Waals surface area contributed by atoms with Gasteiger partial charge in [0, 0.05) is 26.7 Å². The first kappa shape index (κ1) is 16.4. The first-order chi connectivity index (χ1) is 10.0. The molecule has 2 atom stereocenters. The zero-order chi connectivity index (χ0) is 15.4. The van der Waals surface area contributed by atoms with E-state index in [1.807, 2.05) is 31.2 Å². The minimum absolute atomic E-state index is 0.192. The summed E-state index contributed by atoms with van der Waals surface area (Å²) in [4.78, 5) is 0. The van der Waals surface area contributed by atoms with Gasteiger partial charge in [-0.15, -0.1) is 0 Å². The van der Waals surface area contributed by atoms with E-state index in [4.69, 9.17) is 45.3 Å². The monoisotopic (exact) mass is 343 g/mol. The maximum absolute atomic E-state index is 6.26. The minimum atomic E-state index is -0.363. The molecular formula is C16H16Cl3NO. The van der Waals surface area contributed by atoms with Gasteiger partial charge in [0.25, 0.3) is 0 Å². The molecule has 2 aromatic rings. The first-order valence-corrected chi connectivity index (χ1v) is 7.77. The second-order valence-electron chi connectivity index (χ2n) is 4.74. The zero-order valence-electron chi connectivity index (χ0n) is 11.5. The highest BCUT2D eigenvalue weighted by Crippen LogP contribution is 2.32. The molecule has 0 radical (unpaired) electrons. The summed E-state index contributed by atoms with van der Waals surface area (Å²) >= 11 is 18.3. The summed E-state index contributed by atoms with van der Waals surface area (Å²) in [6, 6.07) is 12.4. The van der Waals surface area contributed by atoms with Gasteiger partial charge in [-0.05, 0) is 30.7 Å². The number of rotatable bonds is 5. The molecule has 0 aromatic heterocycles. The van der Waals surface area contributed by atoms with Crippen LogP contribution in [0, 0.1) is 0 Å². The standard InChI is InChI=1S/C16H16Cl3NO/c1-2-15(20)16(13-5-3-4-6-14(13)19)21-12-8-10(17)7-11(18)9-12/h3-9,15-16H,2,20H2,1H3. The lowest BCUT2D eigenvalue weighted by molar-refractivity contribution is 0.171. The van der Waals surface area contributed by atoms with Crippen LogP contribution in [-0.2, 0) is 0 Å². The van der Waals surface area contributed by atoms with Crippen molar-refractivity contribution in [2.75, 3.05) is 0 Å². The summed E-state index contributed by atoms with van der Waals surface area (Å²) in [7, 11) is 0. The number of hydrogen-bond donors (Lipinski definition) is 1. The summed E-state index contributed by atoms with van der Waals surface area (Å²) in [6.45, 7) is 2.00. The average molecular weight is 345 g/mol. The largest absolute Gasteiger partial charge is 0.484 e. The highest BCUT2D eigenvalue weighted by molar-refractivity contribution is 6.34. The Balaban J connectivity index is 2.35. The van der Waals surface area contributed by atoms with E-state index in [1.54, 1.807) is 18.2 Å². The van der Waals surface area contributed by atoms with Crippen molar-refractivity contribution >= 4 is 34.8 Å². The molecule has 21 heavy (non-hydrogen) atoms. The number of nitrogens with two attached hydrogens (primary N) is 1. The van der Waals surface area contributed by atoms with Crippen LogP contribution in [0.5, 0.6) is 5.75 Å². The summed E-state index contributed by atoms with van der Waals surface area (Å²) in [5.41, 5.74) is 7.04. The van der Waals surface area contributed by atoms with E-state index in [0.717, 1.165) is 12.0 Å². The maximum Gasteiger partial charge on any atom is 0.140 e. The van der Waals surface area contributed by atoms with Crippen LogP contribution in [0.4, 0.5) is 0 Å². The molecular weight excluding hydrogens is 329 g/mol. The molecule has 2 unspecified atom stereocenters. The van der Waals surface area contributed by atoms with Gasteiger partial charge in [-0.3, -0.25) is 0 Å². The van der Waals surface area contributed by atoms with Crippen molar-refractivity contribution in [2.45, 2.75) is 25.5 Å².